The number of likely N-dealkylation sites (tertiary alicyclic amines) is 1. The molecule has 1 aliphatic heterocycles. The summed E-state index contributed by atoms with van der Waals surface area (Å²) in [4.78, 5) is 28.9. The van der Waals surface area contributed by atoms with Gasteiger partial charge in [-0.2, -0.15) is 0 Å². The fraction of sp³-hybridized carbons (Fsp3) is 0.304. The van der Waals surface area contributed by atoms with Crippen molar-refractivity contribution in [2.45, 2.75) is 12.5 Å². The van der Waals surface area contributed by atoms with Gasteiger partial charge in [0.05, 0.1) is 18.7 Å². The fourth-order valence-electron chi connectivity index (χ4n) is 3.66. The first-order valence-corrected chi connectivity index (χ1v) is 9.77. The number of methoxy groups -OCH3 is 1. The number of rotatable bonds is 7. The molecule has 6 nitrogen and oxygen atoms in total. The van der Waals surface area contributed by atoms with Gasteiger partial charge in [0.15, 0.2) is 11.6 Å². The molecule has 1 amide bonds. The maximum atomic E-state index is 14.2. The van der Waals surface area contributed by atoms with Crippen LogP contribution in [0.25, 0.3) is 5.76 Å². The van der Waals surface area contributed by atoms with Crippen LogP contribution in [0.3, 0.4) is 0 Å². The molecule has 0 spiro atoms. The fourth-order valence-corrected chi connectivity index (χ4v) is 3.66. The van der Waals surface area contributed by atoms with E-state index >= 15 is 0 Å². The van der Waals surface area contributed by atoms with Crippen LogP contribution in [0.5, 0.6) is 5.75 Å². The van der Waals surface area contributed by atoms with E-state index in [9.17, 15) is 23.5 Å². The van der Waals surface area contributed by atoms with Gasteiger partial charge < -0.3 is 19.6 Å². The minimum atomic E-state index is -0.983. The summed E-state index contributed by atoms with van der Waals surface area (Å²) in [5, 5.41) is 10.9. The predicted molar refractivity (Wildman–Crippen MR) is 112 cm³/mol. The van der Waals surface area contributed by atoms with Crippen molar-refractivity contribution in [2.75, 3.05) is 34.3 Å². The van der Waals surface area contributed by atoms with Crippen LogP contribution in [0.1, 0.15) is 23.6 Å². The Morgan fingerprint density at radius 2 is 1.90 bits per heavy atom. The summed E-state index contributed by atoms with van der Waals surface area (Å²) in [5.74, 6) is -3.50. The third kappa shape index (κ3) is 4.59. The zero-order valence-corrected chi connectivity index (χ0v) is 17.6. The molecule has 31 heavy (non-hydrogen) atoms. The summed E-state index contributed by atoms with van der Waals surface area (Å²) in [6.45, 7) is 0.903. The van der Waals surface area contributed by atoms with E-state index in [2.05, 4.69) is 0 Å². The molecule has 1 aliphatic rings. The van der Waals surface area contributed by atoms with Gasteiger partial charge in [-0.25, -0.2) is 8.78 Å². The van der Waals surface area contributed by atoms with Crippen LogP contribution in [0.2, 0.25) is 0 Å². The summed E-state index contributed by atoms with van der Waals surface area (Å²) in [7, 11) is 5.08. The molecule has 1 fully saturated rings. The van der Waals surface area contributed by atoms with Crippen molar-refractivity contribution in [2.24, 2.45) is 0 Å². The van der Waals surface area contributed by atoms with Gasteiger partial charge in [-0.1, -0.05) is 12.1 Å². The summed E-state index contributed by atoms with van der Waals surface area (Å²) in [6.07, 6.45) is 0.572. The first kappa shape index (κ1) is 22.4. The summed E-state index contributed by atoms with van der Waals surface area (Å²) < 4.78 is 33.0. The molecule has 1 heterocycles. The molecule has 1 N–H and O–H groups in total. The number of aliphatic hydroxyl groups excluding tert-OH is 1. The van der Waals surface area contributed by atoms with Crippen molar-refractivity contribution in [3.05, 3.63) is 70.8 Å². The van der Waals surface area contributed by atoms with E-state index in [1.54, 1.807) is 6.07 Å². The van der Waals surface area contributed by atoms with Crippen molar-refractivity contribution in [1.82, 2.24) is 9.80 Å². The van der Waals surface area contributed by atoms with Crippen LogP contribution < -0.4 is 4.74 Å². The van der Waals surface area contributed by atoms with E-state index in [0.29, 0.717) is 18.5 Å². The highest BCUT2D eigenvalue weighted by atomic mass is 19.1. The Hall–Kier alpha value is -3.26. The Morgan fingerprint density at radius 1 is 1.16 bits per heavy atom. The lowest BCUT2D eigenvalue weighted by Gasteiger charge is -2.26. The van der Waals surface area contributed by atoms with E-state index in [1.165, 1.54) is 42.3 Å². The number of benzene rings is 2. The topological polar surface area (TPSA) is 70.1 Å². The molecule has 8 heteroatoms. The first-order valence-electron chi connectivity index (χ1n) is 9.77. The minimum Gasteiger partial charge on any atom is -0.507 e. The Bertz CT molecular complexity index is 1040. The smallest absolute Gasteiger partial charge is 0.295 e. The van der Waals surface area contributed by atoms with Crippen molar-refractivity contribution >= 4 is 17.4 Å². The number of ketones is 1. The number of amides is 1. The van der Waals surface area contributed by atoms with Gasteiger partial charge in [-0.15, -0.1) is 0 Å². The van der Waals surface area contributed by atoms with Gasteiger partial charge in [0.1, 0.15) is 11.6 Å². The van der Waals surface area contributed by atoms with Gasteiger partial charge in [0.25, 0.3) is 11.7 Å². The number of carbonyl (C=O) groups excluding carboxylic acids is 2. The second kappa shape index (κ2) is 9.26. The molecule has 0 aromatic heterocycles. The Balaban J connectivity index is 2.11. The molecule has 164 valence electrons. The molecule has 3 rings (SSSR count). The Labute approximate surface area is 179 Å². The highest BCUT2D eigenvalue weighted by Gasteiger charge is 2.45. The van der Waals surface area contributed by atoms with Gasteiger partial charge in [-0.3, -0.25) is 9.59 Å². The zero-order valence-electron chi connectivity index (χ0n) is 17.6. The summed E-state index contributed by atoms with van der Waals surface area (Å²) >= 11 is 0. The van der Waals surface area contributed by atoms with E-state index in [4.69, 9.17) is 4.74 Å². The van der Waals surface area contributed by atoms with Crippen LogP contribution in [0.15, 0.2) is 48.0 Å². The molecule has 1 atom stereocenters. The van der Waals surface area contributed by atoms with Crippen LogP contribution in [-0.4, -0.2) is 60.9 Å². The molecule has 2 aromatic rings. The van der Waals surface area contributed by atoms with Crippen molar-refractivity contribution in [3.63, 3.8) is 0 Å². The molecule has 0 saturated carbocycles. The van der Waals surface area contributed by atoms with Crippen LogP contribution >= 0.6 is 0 Å². The van der Waals surface area contributed by atoms with E-state index in [-0.39, 0.29) is 23.4 Å². The molecular weight excluding hydrogens is 406 g/mol. The molecule has 1 saturated heterocycles. The molecule has 0 aliphatic carbocycles. The monoisotopic (exact) mass is 430 g/mol. The average molecular weight is 430 g/mol. The van der Waals surface area contributed by atoms with Crippen molar-refractivity contribution in [1.29, 1.82) is 0 Å². The Morgan fingerprint density at radius 3 is 2.52 bits per heavy atom. The Kier molecular flexibility index (Phi) is 6.70. The molecule has 0 radical (unpaired) electrons. The SMILES string of the molecule is COc1ccc(C(O)=C2C(=O)C(=O)N(CCCN(C)C)[C@H]2c2cccc(F)c2)cc1F. The normalized spacial score (nSPS) is 18.1. The van der Waals surface area contributed by atoms with Gasteiger partial charge in [-0.05, 0) is 63.0 Å². The lowest BCUT2D eigenvalue weighted by atomic mass is 9.95. The zero-order chi connectivity index (χ0) is 22.7. The molecule has 2 aromatic carbocycles. The lowest BCUT2D eigenvalue weighted by molar-refractivity contribution is -0.139. The maximum Gasteiger partial charge on any atom is 0.295 e. The minimum absolute atomic E-state index is 0.0194. The number of aliphatic hydroxyl groups is 1. The first-order chi connectivity index (χ1) is 14.7. The van der Waals surface area contributed by atoms with E-state index in [0.717, 1.165) is 6.07 Å². The number of ether oxygens (including phenoxy) is 1. The molecule has 0 bridgehead atoms. The van der Waals surface area contributed by atoms with Crippen LogP contribution in [0.4, 0.5) is 8.78 Å². The standard InChI is InChI=1S/C23H24F2N2O4/c1-26(2)10-5-11-27-20(14-6-4-7-16(24)12-14)19(22(29)23(27)30)21(28)15-8-9-18(31-3)17(25)13-15/h4,6-9,12-13,20,28H,5,10-11H2,1-3H3/t20-/m0/s1. The highest BCUT2D eigenvalue weighted by Crippen LogP contribution is 2.40. The quantitative estimate of drug-likeness (QED) is 0.415. The van der Waals surface area contributed by atoms with Gasteiger partial charge >= 0.3 is 0 Å². The number of hydrogen-bond donors (Lipinski definition) is 1. The summed E-state index contributed by atoms with van der Waals surface area (Å²) in [5.41, 5.74) is 0.163. The molecule has 0 unspecified atom stereocenters. The third-order valence-corrected chi connectivity index (χ3v) is 5.13. The van der Waals surface area contributed by atoms with Gasteiger partial charge in [0.2, 0.25) is 0 Å². The second-order valence-corrected chi connectivity index (χ2v) is 7.55. The maximum absolute atomic E-state index is 14.2. The highest BCUT2D eigenvalue weighted by molar-refractivity contribution is 6.46. The van der Waals surface area contributed by atoms with E-state index < -0.39 is 35.1 Å². The van der Waals surface area contributed by atoms with Crippen molar-refractivity contribution in [3.8, 4) is 5.75 Å². The number of hydrogen-bond acceptors (Lipinski definition) is 5. The summed E-state index contributed by atoms with van der Waals surface area (Å²) in [6, 6.07) is 8.27. The van der Waals surface area contributed by atoms with Crippen LogP contribution in [0, 0.1) is 11.6 Å². The number of halogens is 2. The van der Waals surface area contributed by atoms with Gasteiger partial charge in [0, 0.05) is 12.1 Å². The molecular formula is C23H24F2N2O4. The number of nitrogens with zero attached hydrogens (tertiary/aromatic N) is 2. The van der Waals surface area contributed by atoms with Crippen LogP contribution in [-0.2, 0) is 9.59 Å². The average Bonchev–Trinajstić information content (AvgIpc) is 2.98. The van der Waals surface area contributed by atoms with Crippen molar-refractivity contribution < 1.29 is 28.2 Å². The predicted octanol–water partition coefficient (Wildman–Crippen LogP) is 3.35. The lowest BCUT2D eigenvalue weighted by Crippen LogP contribution is -2.32. The number of carbonyl (C=O) groups is 2. The number of Topliss-reactive ketones (excluding diaryl/α,β-unsaturated/α-hetero) is 1. The largest absolute Gasteiger partial charge is 0.507 e. The second-order valence-electron chi connectivity index (χ2n) is 7.55. The third-order valence-electron chi connectivity index (χ3n) is 5.13. The van der Waals surface area contributed by atoms with E-state index in [1.807, 2.05) is 19.0 Å².